The van der Waals surface area contributed by atoms with E-state index in [9.17, 15) is 0 Å². The Balaban J connectivity index is 2.20. The lowest BCUT2D eigenvalue weighted by atomic mass is 10.1. The van der Waals surface area contributed by atoms with Crippen LogP contribution in [0.3, 0.4) is 0 Å². The number of methoxy groups -OCH3 is 1. The molecule has 6 nitrogen and oxygen atoms in total. The first-order valence-electron chi connectivity index (χ1n) is 6.35. The van der Waals surface area contributed by atoms with Crippen LogP contribution in [-0.4, -0.2) is 28.4 Å². The van der Waals surface area contributed by atoms with Crippen LogP contribution in [0.1, 0.15) is 31.1 Å². The Hall–Kier alpha value is -2.21. The second-order valence-electron chi connectivity index (χ2n) is 4.60. The fraction of sp³-hybridized carbons (Fsp3) is 0.357. The van der Waals surface area contributed by atoms with Crippen LogP contribution in [0.2, 0.25) is 0 Å². The minimum atomic E-state index is -0.406. The van der Waals surface area contributed by atoms with E-state index in [-0.39, 0.29) is 6.10 Å². The smallest absolute Gasteiger partial charge is 0.233 e. The molecule has 1 atom stereocenters. The Morgan fingerprint density at radius 3 is 2.55 bits per heavy atom. The van der Waals surface area contributed by atoms with E-state index in [1.165, 1.54) is 0 Å². The maximum absolute atomic E-state index is 6.17. The van der Waals surface area contributed by atoms with Crippen molar-refractivity contribution in [2.45, 2.75) is 26.0 Å². The Kier molecular flexibility index (Phi) is 4.47. The predicted octanol–water partition coefficient (Wildman–Crippen LogP) is 1.72. The van der Waals surface area contributed by atoms with Crippen molar-refractivity contribution in [3.8, 4) is 11.6 Å². The number of ether oxygens (including phenoxy) is 2. The molecule has 2 N–H and O–H groups in total. The van der Waals surface area contributed by atoms with E-state index in [0.29, 0.717) is 17.3 Å². The van der Waals surface area contributed by atoms with Crippen LogP contribution >= 0.6 is 0 Å². The molecule has 2 heterocycles. The lowest BCUT2D eigenvalue weighted by Gasteiger charge is -2.14. The summed E-state index contributed by atoms with van der Waals surface area (Å²) in [7, 11) is 1.54. The molecule has 0 saturated heterocycles. The summed E-state index contributed by atoms with van der Waals surface area (Å²) >= 11 is 0. The quantitative estimate of drug-likeness (QED) is 0.893. The normalized spacial score (nSPS) is 12.2. The van der Waals surface area contributed by atoms with E-state index in [4.69, 9.17) is 15.2 Å². The number of nitrogens with two attached hydrogens (primary N) is 1. The second kappa shape index (κ2) is 6.29. The zero-order valence-corrected chi connectivity index (χ0v) is 11.8. The van der Waals surface area contributed by atoms with Gasteiger partial charge in [0.2, 0.25) is 5.88 Å². The van der Waals surface area contributed by atoms with Gasteiger partial charge in [-0.2, -0.15) is 0 Å². The molecule has 1 unspecified atom stereocenters. The highest BCUT2D eigenvalue weighted by atomic mass is 16.5. The molecule has 0 aromatic carbocycles. The minimum Gasteiger partial charge on any atom is -0.489 e. The molecular formula is C14H18N4O2. The van der Waals surface area contributed by atoms with Gasteiger partial charge in [-0.05, 0) is 31.5 Å². The van der Waals surface area contributed by atoms with Crippen molar-refractivity contribution in [3.05, 3.63) is 41.9 Å². The van der Waals surface area contributed by atoms with Crippen LogP contribution in [0, 0.1) is 0 Å². The molecule has 2 aromatic heterocycles. The SMILES string of the molecule is COc1ccc(C(N)c2cncc(OC(C)C)c2)nn1. The van der Waals surface area contributed by atoms with Gasteiger partial charge in [0, 0.05) is 12.3 Å². The number of nitrogens with zero attached hydrogens (tertiary/aromatic N) is 3. The summed E-state index contributed by atoms with van der Waals surface area (Å²) in [6, 6.07) is 4.97. The van der Waals surface area contributed by atoms with E-state index in [0.717, 1.165) is 5.56 Å². The lowest BCUT2D eigenvalue weighted by molar-refractivity contribution is 0.241. The summed E-state index contributed by atoms with van der Waals surface area (Å²) in [5.41, 5.74) is 7.64. The van der Waals surface area contributed by atoms with Crippen LogP contribution in [0.4, 0.5) is 0 Å². The fourth-order valence-corrected chi connectivity index (χ4v) is 1.72. The van der Waals surface area contributed by atoms with Crippen LogP contribution in [-0.2, 0) is 0 Å². The first kappa shape index (κ1) is 14.2. The Bertz CT molecular complexity index is 557. The molecule has 0 fully saturated rings. The van der Waals surface area contributed by atoms with E-state index >= 15 is 0 Å². The third-order valence-electron chi connectivity index (χ3n) is 2.65. The van der Waals surface area contributed by atoms with Crippen molar-refractivity contribution >= 4 is 0 Å². The van der Waals surface area contributed by atoms with Gasteiger partial charge in [-0.3, -0.25) is 4.98 Å². The topological polar surface area (TPSA) is 83.2 Å². The average molecular weight is 274 g/mol. The predicted molar refractivity (Wildman–Crippen MR) is 74.6 cm³/mol. The summed E-state index contributed by atoms with van der Waals surface area (Å²) < 4.78 is 10.6. The number of hydrogen-bond donors (Lipinski definition) is 1. The maximum atomic E-state index is 6.17. The number of rotatable bonds is 5. The van der Waals surface area contributed by atoms with Crippen molar-refractivity contribution in [2.24, 2.45) is 5.73 Å². The third-order valence-corrected chi connectivity index (χ3v) is 2.65. The van der Waals surface area contributed by atoms with Crippen molar-refractivity contribution < 1.29 is 9.47 Å². The molecule has 0 aliphatic heterocycles. The highest BCUT2D eigenvalue weighted by molar-refractivity contribution is 5.31. The summed E-state index contributed by atoms with van der Waals surface area (Å²) in [6.07, 6.45) is 3.45. The van der Waals surface area contributed by atoms with Crippen molar-refractivity contribution in [1.29, 1.82) is 0 Å². The van der Waals surface area contributed by atoms with E-state index in [2.05, 4.69) is 15.2 Å². The van der Waals surface area contributed by atoms with Crippen molar-refractivity contribution in [2.75, 3.05) is 7.11 Å². The monoisotopic (exact) mass is 274 g/mol. The molecule has 0 aliphatic carbocycles. The van der Waals surface area contributed by atoms with E-state index in [1.807, 2.05) is 19.9 Å². The summed E-state index contributed by atoms with van der Waals surface area (Å²) in [4.78, 5) is 4.14. The van der Waals surface area contributed by atoms with Gasteiger partial charge >= 0.3 is 0 Å². The standard InChI is InChI=1S/C14H18N4O2/c1-9(2)20-11-6-10(7-16-8-11)14(15)12-4-5-13(19-3)18-17-12/h4-9,14H,15H2,1-3H3. The second-order valence-corrected chi connectivity index (χ2v) is 4.60. The number of aromatic nitrogens is 3. The number of pyridine rings is 1. The molecule has 2 aromatic rings. The molecule has 0 bridgehead atoms. The van der Waals surface area contributed by atoms with Gasteiger partial charge in [-0.25, -0.2) is 0 Å². The Morgan fingerprint density at radius 2 is 1.95 bits per heavy atom. The summed E-state index contributed by atoms with van der Waals surface area (Å²) in [5.74, 6) is 1.14. The molecule has 2 rings (SSSR count). The van der Waals surface area contributed by atoms with Crippen molar-refractivity contribution in [3.63, 3.8) is 0 Å². The average Bonchev–Trinajstić information content (AvgIpc) is 2.46. The van der Waals surface area contributed by atoms with Crippen LogP contribution in [0.25, 0.3) is 0 Å². The van der Waals surface area contributed by atoms with E-state index < -0.39 is 6.04 Å². The Morgan fingerprint density at radius 1 is 1.15 bits per heavy atom. The van der Waals surface area contributed by atoms with Crippen LogP contribution in [0.5, 0.6) is 11.6 Å². The highest BCUT2D eigenvalue weighted by Gasteiger charge is 2.13. The summed E-state index contributed by atoms with van der Waals surface area (Å²) in [5, 5.41) is 7.96. The van der Waals surface area contributed by atoms with Gasteiger partial charge in [0.1, 0.15) is 5.75 Å². The van der Waals surface area contributed by atoms with Crippen LogP contribution < -0.4 is 15.2 Å². The molecule has 20 heavy (non-hydrogen) atoms. The largest absolute Gasteiger partial charge is 0.489 e. The maximum Gasteiger partial charge on any atom is 0.233 e. The van der Waals surface area contributed by atoms with Crippen LogP contribution in [0.15, 0.2) is 30.6 Å². The first-order chi connectivity index (χ1) is 9.60. The zero-order chi connectivity index (χ0) is 14.5. The van der Waals surface area contributed by atoms with Crippen molar-refractivity contribution in [1.82, 2.24) is 15.2 Å². The van der Waals surface area contributed by atoms with Gasteiger partial charge < -0.3 is 15.2 Å². The number of hydrogen-bond acceptors (Lipinski definition) is 6. The lowest BCUT2D eigenvalue weighted by Crippen LogP contribution is -2.15. The van der Waals surface area contributed by atoms with E-state index in [1.54, 1.807) is 31.6 Å². The molecule has 0 radical (unpaired) electrons. The molecule has 0 aliphatic rings. The molecular weight excluding hydrogens is 256 g/mol. The molecule has 6 heteroatoms. The van der Waals surface area contributed by atoms with Gasteiger partial charge in [0.25, 0.3) is 0 Å². The highest BCUT2D eigenvalue weighted by Crippen LogP contribution is 2.21. The fourth-order valence-electron chi connectivity index (χ4n) is 1.72. The Labute approximate surface area is 118 Å². The molecule has 0 saturated carbocycles. The third kappa shape index (κ3) is 3.42. The minimum absolute atomic E-state index is 0.0871. The van der Waals surface area contributed by atoms with Gasteiger partial charge in [0.15, 0.2) is 0 Å². The molecule has 106 valence electrons. The van der Waals surface area contributed by atoms with Gasteiger partial charge in [0.05, 0.1) is 31.1 Å². The van der Waals surface area contributed by atoms with Gasteiger partial charge in [-0.15, -0.1) is 10.2 Å². The first-order valence-corrected chi connectivity index (χ1v) is 6.35. The molecule has 0 amide bonds. The summed E-state index contributed by atoms with van der Waals surface area (Å²) in [6.45, 7) is 3.92. The molecule has 0 spiro atoms. The zero-order valence-electron chi connectivity index (χ0n) is 11.8. The van der Waals surface area contributed by atoms with Gasteiger partial charge in [-0.1, -0.05) is 0 Å².